The Morgan fingerprint density at radius 2 is 2.23 bits per heavy atom. The van der Waals surface area contributed by atoms with Crippen molar-refractivity contribution in [1.29, 1.82) is 0 Å². The molecule has 1 heterocycles. The van der Waals surface area contributed by atoms with E-state index in [1.807, 2.05) is 13.8 Å². The van der Waals surface area contributed by atoms with Gasteiger partial charge in [-0.25, -0.2) is 0 Å². The number of aromatic nitrogens is 2. The molecule has 13 heavy (non-hydrogen) atoms. The molecule has 0 bridgehead atoms. The Kier molecular flexibility index (Phi) is 3.08. The maximum Gasteiger partial charge on any atom is 0.0738 e. The Morgan fingerprint density at radius 1 is 1.62 bits per heavy atom. The molecule has 0 aliphatic heterocycles. The van der Waals surface area contributed by atoms with Gasteiger partial charge in [-0.15, -0.1) is 0 Å². The van der Waals surface area contributed by atoms with E-state index in [1.54, 1.807) is 4.68 Å². The lowest BCUT2D eigenvalue weighted by Crippen LogP contribution is -2.24. The Morgan fingerprint density at radius 3 is 2.62 bits per heavy atom. The zero-order valence-electron chi connectivity index (χ0n) is 7.50. The van der Waals surface area contributed by atoms with Crippen molar-refractivity contribution in [1.82, 2.24) is 9.78 Å². The zero-order valence-corrected chi connectivity index (χ0v) is 9.09. The molecule has 0 aromatic carbocycles. The predicted octanol–water partition coefficient (Wildman–Crippen LogP) is 0.402. The second-order valence-electron chi connectivity index (χ2n) is 2.83. The Labute approximate surface area is 84.7 Å². The smallest absolute Gasteiger partial charge is 0.0738 e. The van der Waals surface area contributed by atoms with Crippen molar-refractivity contribution in [2.24, 2.45) is 0 Å². The third-order valence-corrected chi connectivity index (χ3v) is 2.97. The van der Waals surface area contributed by atoms with E-state index in [4.69, 9.17) is 0 Å². The molecular weight excluding hydrogens is 236 g/mol. The molecule has 5 heteroatoms. The van der Waals surface area contributed by atoms with E-state index in [9.17, 15) is 9.90 Å². The van der Waals surface area contributed by atoms with Gasteiger partial charge in [-0.05, 0) is 29.8 Å². The van der Waals surface area contributed by atoms with Crippen LogP contribution in [0.3, 0.4) is 0 Å². The molecule has 0 N–H and O–H groups in total. The van der Waals surface area contributed by atoms with Crippen molar-refractivity contribution in [3.63, 3.8) is 0 Å². The van der Waals surface area contributed by atoms with Crippen molar-refractivity contribution in [2.75, 3.05) is 0 Å². The van der Waals surface area contributed by atoms with Gasteiger partial charge in [-0.2, -0.15) is 5.10 Å². The number of carboxylic acid groups (broad SMARTS) is 1. The van der Waals surface area contributed by atoms with Gasteiger partial charge in [0.25, 0.3) is 0 Å². The molecule has 0 saturated heterocycles. The monoisotopic (exact) mass is 245 g/mol. The van der Waals surface area contributed by atoms with Gasteiger partial charge in [-0.3, -0.25) is 4.68 Å². The summed E-state index contributed by atoms with van der Waals surface area (Å²) < 4.78 is 2.60. The van der Waals surface area contributed by atoms with E-state index in [-0.39, 0.29) is 6.42 Å². The molecule has 0 saturated carbocycles. The van der Waals surface area contributed by atoms with Gasteiger partial charge in [0.2, 0.25) is 0 Å². The molecule has 72 valence electrons. The Bertz CT molecular complexity index is 333. The number of hydrogen-bond donors (Lipinski definition) is 0. The molecular formula is C8H10BrN2O2-. The second-order valence-corrected chi connectivity index (χ2v) is 3.62. The van der Waals surface area contributed by atoms with Crippen LogP contribution in [0.2, 0.25) is 0 Å². The molecule has 0 spiro atoms. The van der Waals surface area contributed by atoms with Crippen LogP contribution in [0, 0.1) is 13.8 Å². The van der Waals surface area contributed by atoms with Crippen LogP contribution in [-0.2, 0) is 11.3 Å². The summed E-state index contributed by atoms with van der Waals surface area (Å²) in [7, 11) is 0. The largest absolute Gasteiger partial charge is 0.550 e. The van der Waals surface area contributed by atoms with Crippen molar-refractivity contribution in [2.45, 2.75) is 26.8 Å². The number of carboxylic acids is 1. The van der Waals surface area contributed by atoms with Crippen molar-refractivity contribution in [3.8, 4) is 0 Å². The van der Waals surface area contributed by atoms with Gasteiger partial charge in [0.1, 0.15) is 0 Å². The highest BCUT2D eigenvalue weighted by molar-refractivity contribution is 9.10. The third-order valence-electron chi connectivity index (χ3n) is 1.82. The summed E-state index contributed by atoms with van der Waals surface area (Å²) >= 11 is 3.36. The van der Waals surface area contributed by atoms with Gasteiger partial charge < -0.3 is 9.90 Å². The number of aryl methyl sites for hydroxylation is 2. The fraction of sp³-hybridized carbons (Fsp3) is 0.500. The summed E-state index contributed by atoms with van der Waals surface area (Å²) in [6, 6.07) is 0. The van der Waals surface area contributed by atoms with Crippen LogP contribution < -0.4 is 5.11 Å². The first kappa shape index (κ1) is 10.2. The van der Waals surface area contributed by atoms with E-state index < -0.39 is 5.97 Å². The summed E-state index contributed by atoms with van der Waals surface area (Å²) in [5.74, 6) is -1.05. The SMILES string of the molecule is Cc1nn(CCC(=O)[O-])c(C)c1Br. The predicted molar refractivity (Wildman–Crippen MR) is 49.0 cm³/mol. The molecule has 0 aliphatic carbocycles. The highest BCUT2D eigenvalue weighted by atomic mass is 79.9. The minimum atomic E-state index is -1.05. The van der Waals surface area contributed by atoms with Crippen molar-refractivity contribution in [3.05, 3.63) is 15.9 Å². The van der Waals surface area contributed by atoms with Gasteiger partial charge in [-0.1, -0.05) is 0 Å². The lowest BCUT2D eigenvalue weighted by Gasteiger charge is -2.04. The van der Waals surface area contributed by atoms with Crippen molar-refractivity contribution >= 4 is 21.9 Å². The molecule has 1 aromatic heterocycles. The number of halogens is 1. The van der Waals surface area contributed by atoms with Crippen LogP contribution in [0.5, 0.6) is 0 Å². The van der Waals surface area contributed by atoms with E-state index in [1.165, 1.54) is 0 Å². The van der Waals surface area contributed by atoms with Gasteiger partial charge in [0.15, 0.2) is 0 Å². The Hall–Kier alpha value is -0.840. The molecule has 0 radical (unpaired) electrons. The summed E-state index contributed by atoms with van der Waals surface area (Å²) in [5, 5.41) is 14.4. The number of carbonyl (C=O) groups is 1. The van der Waals surface area contributed by atoms with E-state index in [0.29, 0.717) is 6.54 Å². The maximum absolute atomic E-state index is 10.2. The molecule has 1 aromatic rings. The molecule has 0 aliphatic rings. The summed E-state index contributed by atoms with van der Waals surface area (Å²) in [5.41, 5.74) is 1.81. The van der Waals surface area contributed by atoms with Crippen molar-refractivity contribution < 1.29 is 9.90 Å². The quantitative estimate of drug-likeness (QED) is 0.775. The number of rotatable bonds is 3. The van der Waals surface area contributed by atoms with Crippen LogP contribution in [0.15, 0.2) is 4.47 Å². The second kappa shape index (κ2) is 3.91. The lowest BCUT2D eigenvalue weighted by atomic mass is 10.4. The number of aliphatic carboxylic acids is 1. The minimum Gasteiger partial charge on any atom is -0.550 e. The highest BCUT2D eigenvalue weighted by Gasteiger charge is 2.07. The van der Waals surface area contributed by atoms with E-state index >= 15 is 0 Å². The topological polar surface area (TPSA) is 58.0 Å². The number of nitrogens with zero attached hydrogens (tertiary/aromatic N) is 2. The molecule has 0 fully saturated rings. The summed E-state index contributed by atoms with van der Waals surface area (Å²) in [6.45, 7) is 4.12. The summed E-state index contributed by atoms with van der Waals surface area (Å²) in [6.07, 6.45) is -0.00556. The molecule has 1 rings (SSSR count). The first-order valence-electron chi connectivity index (χ1n) is 3.91. The third kappa shape index (κ3) is 2.30. The number of carbonyl (C=O) groups excluding carboxylic acids is 1. The molecule has 0 atom stereocenters. The minimum absolute atomic E-state index is 0.00556. The fourth-order valence-electron chi connectivity index (χ4n) is 1.09. The van der Waals surface area contributed by atoms with Crippen LogP contribution in [0.1, 0.15) is 17.8 Å². The highest BCUT2D eigenvalue weighted by Crippen LogP contribution is 2.19. The van der Waals surface area contributed by atoms with Gasteiger partial charge >= 0.3 is 0 Å². The average Bonchev–Trinajstić information content (AvgIpc) is 2.29. The fourth-order valence-corrected chi connectivity index (χ4v) is 1.37. The molecule has 0 amide bonds. The standard InChI is InChI=1S/C8H11BrN2O2/c1-5-8(9)6(2)11(10-5)4-3-7(12)13/h3-4H2,1-2H3,(H,12,13)/p-1. The number of hydrogen-bond acceptors (Lipinski definition) is 3. The normalized spacial score (nSPS) is 10.4. The maximum atomic E-state index is 10.2. The molecule has 0 unspecified atom stereocenters. The van der Waals surface area contributed by atoms with Crippen LogP contribution in [-0.4, -0.2) is 15.7 Å². The van der Waals surface area contributed by atoms with Gasteiger partial charge in [0.05, 0.1) is 10.2 Å². The first-order valence-corrected chi connectivity index (χ1v) is 4.71. The molecule has 4 nitrogen and oxygen atoms in total. The Balaban J connectivity index is 2.78. The summed E-state index contributed by atoms with van der Waals surface area (Å²) in [4.78, 5) is 10.2. The van der Waals surface area contributed by atoms with Gasteiger partial charge in [0, 0.05) is 24.6 Å². The average molecular weight is 246 g/mol. The van der Waals surface area contributed by atoms with Crippen LogP contribution >= 0.6 is 15.9 Å². The van der Waals surface area contributed by atoms with E-state index in [2.05, 4.69) is 21.0 Å². The van der Waals surface area contributed by atoms with E-state index in [0.717, 1.165) is 15.9 Å². The van der Waals surface area contributed by atoms with Crippen LogP contribution in [0.4, 0.5) is 0 Å². The van der Waals surface area contributed by atoms with Crippen LogP contribution in [0.25, 0.3) is 0 Å². The first-order chi connectivity index (χ1) is 6.02. The zero-order chi connectivity index (χ0) is 10.0. The lowest BCUT2D eigenvalue weighted by molar-refractivity contribution is -0.306.